The van der Waals surface area contributed by atoms with Crippen molar-refractivity contribution in [3.05, 3.63) is 65.7 Å². The zero-order valence-electron chi connectivity index (χ0n) is 17.9. The van der Waals surface area contributed by atoms with E-state index < -0.39 is 5.41 Å². The first kappa shape index (κ1) is 20.9. The first-order valence-electron chi connectivity index (χ1n) is 11.1. The van der Waals surface area contributed by atoms with Crippen LogP contribution in [0.2, 0.25) is 0 Å². The lowest BCUT2D eigenvalue weighted by Gasteiger charge is -2.43. The molecule has 0 saturated carbocycles. The summed E-state index contributed by atoms with van der Waals surface area (Å²) in [7, 11) is 0. The summed E-state index contributed by atoms with van der Waals surface area (Å²) in [6.45, 7) is 8.27. The molecule has 0 radical (unpaired) electrons. The quantitative estimate of drug-likeness (QED) is 0.734. The molecule has 0 spiro atoms. The van der Waals surface area contributed by atoms with Crippen LogP contribution in [0, 0.1) is 0 Å². The van der Waals surface area contributed by atoms with Gasteiger partial charge < -0.3 is 14.4 Å². The number of rotatable bonds is 6. The predicted molar refractivity (Wildman–Crippen MR) is 118 cm³/mol. The van der Waals surface area contributed by atoms with Gasteiger partial charge in [-0.2, -0.15) is 0 Å². The number of ether oxygens (including phenoxy) is 2. The molecule has 2 aromatic rings. The van der Waals surface area contributed by atoms with Gasteiger partial charge in [-0.15, -0.1) is 0 Å². The molecule has 2 fully saturated rings. The van der Waals surface area contributed by atoms with E-state index in [1.165, 1.54) is 5.56 Å². The largest absolute Gasteiger partial charge is 0.494 e. The third-order valence-electron chi connectivity index (χ3n) is 6.38. The summed E-state index contributed by atoms with van der Waals surface area (Å²) < 4.78 is 11.1. The predicted octanol–water partition coefficient (Wildman–Crippen LogP) is 3.48. The Morgan fingerprint density at radius 3 is 2.27 bits per heavy atom. The molecular weight excluding hydrogens is 376 g/mol. The minimum atomic E-state index is -0.434. The number of hydrogen-bond donors (Lipinski definition) is 0. The summed E-state index contributed by atoms with van der Waals surface area (Å²) in [6, 6.07) is 18.6. The fraction of sp³-hybridized carbons (Fsp3) is 0.480. The van der Waals surface area contributed by atoms with E-state index in [1.807, 2.05) is 37.3 Å². The van der Waals surface area contributed by atoms with Crippen molar-refractivity contribution in [2.75, 3.05) is 46.0 Å². The maximum absolute atomic E-state index is 13.7. The number of benzene rings is 2. The zero-order valence-corrected chi connectivity index (χ0v) is 17.9. The number of hydrogen-bond acceptors (Lipinski definition) is 4. The molecule has 30 heavy (non-hydrogen) atoms. The van der Waals surface area contributed by atoms with Gasteiger partial charge >= 0.3 is 0 Å². The van der Waals surface area contributed by atoms with Crippen LogP contribution in [-0.4, -0.2) is 61.7 Å². The van der Waals surface area contributed by atoms with Crippen LogP contribution >= 0.6 is 0 Å². The molecule has 2 heterocycles. The second-order valence-corrected chi connectivity index (χ2v) is 8.21. The Labute approximate surface area is 179 Å². The van der Waals surface area contributed by atoms with Crippen molar-refractivity contribution in [1.29, 1.82) is 0 Å². The average Bonchev–Trinajstić information content (AvgIpc) is 2.82. The van der Waals surface area contributed by atoms with Gasteiger partial charge in [0.05, 0.1) is 12.0 Å². The highest BCUT2D eigenvalue weighted by molar-refractivity contribution is 5.88. The molecule has 5 heteroatoms. The number of carbonyl (C=O) groups excluding carboxylic acids is 1. The second kappa shape index (κ2) is 9.63. The van der Waals surface area contributed by atoms with Gasteiger partial charge in [-0.1, -0.05) is 42.5 Å². The van der Waals surface area contributed by atoms with Gasteiger partial charge in [0.1, 0.15) is 5.75 Å². The molecule has 2 saturated heterocycles. The number of carbonyl (C=O) groups is 1. The summed E-state index contributed by atoms with van der Waals surface area (Å²) in [5.41, 5.74) is 1.98. The van der Waals surface area contributed by atoms with E-state index in [0.717, 1.165) is 56.9 Å². The van der Waals surface area contributed by atoms with E-state index in [1.54, 1.807) is 0 Å². The van der Waals surface area contributed by atoms with Crippen LogP contribution in [0.4, 0.5) is 0 Å². The molecule has 4 rings (SSSR count). The van der Waals surface area contributed by atoms with Gasteiger partial charge in [0.2, 0.25) is 5.91 Å². The molecule has 2 aromatic carbocycles. The van der Waals surface area contributed by atoms with Gasteiger partial charge in [-0.05, 0) is 43.0 Å². The Balaban J connectivity index is 1.38. The van der Waals surface area contributed by atoms with Crippen molar-refractivity contribution in [2.45, 2.75) is 31.7 Å². The van der Waals surface area contributed by atoms with Gasteiger partial charge in [0, 0.05) is 45.9 Å². The lowest BCUT2D eigenvalue weighted by Crippen LogP contribution is -2.55. The Morgan fingerprint density at radius 2 is 1.63 bits per heavy atom. The molecule has 0 aliphatic carbocycles. The Bertz CT molecular complexity index is 808. The highest BCUT2D eigenvalue weighted by atomic mass is 16.5. The minimum Gasteiger partial charge on any atom is -0.494 e. The van der Waals surface area contributed by atoms with E-state index in [-0.39, 0.29) is 5.91 Å². The summed E-state index contributed by atoms with van der Waals surface area (Å²) >= 11 is 0. The van der Waals surface area contributed by atoms with Crippen molar-refractivity contribution >= 4 is 5.91 Å². The summed E-state index contributed by atoms with van der Waals surface area (Å²) in [4.78, 5) is 18.2. The van der Waals surface area contributed by atoms with Crippen LogP contribution in [0.3, 0.4) is 0 Å². The summed E-state index contributed by atoms with van der Waals surface area (Å²) in [5, 5.41) is 0. The summed E-state index contributed by atoms with van der Waals surface area (Å²) in [5.74, 6) is 1.19. The molecule has 2 aliphatic rings. The van der Waals surface area contributed by atoms with Crippen molar-refractivity contribution in [3.63, 3.8) is 0 Å². The third-order valence-corrected chi connectivity index (χ3v) is 6.38. The van der Waals surface area contributed by atoms with Gasteiger partial charge in [0.25, 0.3) is 0 Å². The monoisotopic (exact) mass is 408 g/mol. The number of amides is 1. The van der Waals surface area contributed by atoms with Crippen LogP contribution in [0.25, 0.3) is 0 Å². The fourth-order valence-electron chi connectivity index (χ4n) is 4.63. The highest BCUT2D eigenvalue weighted by Crippen LogP contribution is 2.37. The molecule has 1 amide bonds. The SMILES string of the molecule is CCOc1ccc(CN2CCN(C(=O)C3(c4ccccc4)CCOCC3)CC2)cc1. The number of piperazine rings is 1. The molecule has 0 N–H and O–H groups in total. The van der Waals surface area contributed by atoms with Crippen molar-refractivity contribution in [1.82, 2.24) is 9.80 Å². The van der Waals surface area contributed by atoms with E-state index in [4.69, 9.17) is 9.47 Å². The first-order valence-corrected chi connectivity index (χ1v) is 11.1. The standard InChI is InChI=1S/C25H32N2O3/c1-2-30-23-10-8-21(9-11-23)20-26-14-16-27(17-15-26)24(28)25(12-18-29-19-13-25)22-6-4-3-5-7-22/h3-11H,2,12-20H2,1H3. The Morgan fingerprint density at radius 1 is 0.967 bits per heavy atom. The first-order chi connectivity index (χ1) is 14.7. The third kappa shape index (κ3) is 4.52. The van der Waals surface area contributed by atoms with E-state index >= 15 is 0 Å². The van der Waals surface area contributed by atoms with Crippen LogP contribution in [0.1, 0.15) is 30.9 Å². The van der Waals surface area contributed by atoms with Crippen molar-refractivity contribution in [2.24, 2.45) is 0 Å². The topological polar surface area (TPSA) is 42.0 Å². The molecule has 0 aromatic heterocycles. The normalized spacial score (nSPS) is 19.4. The van der Waals surface area contributed by atoms with Gasteiger partial charge in [-0.3, -0.25) is 9.69 Å². The van der Waals surface area contributed by atoms with Crippen molar-refractivity contribution in [3.8, 4) is 5.75 Å². The molecular formula is C25H32N2O3. The smallest absolute Gasteiger partial charge is 0.233 e. The van der Waals surface area contributed by atoms with E-state index in [2.05, 4.69) is 34.1 Å². The molecule has 5 nitrogen and oxygen atoms in total. The molecule has 0 bridgehead atoms. The lowest BCUT2D eigenvalue weighted by molar-refractivity contribution is -0.143. The highest BCUT2D eigenvalue weighted by Gasteiger charge is 2.44. The Kier molecular flexibility index (Phi) is 6.70. The van der Waals surface area contributed by atoms with Crippen molar-refractivity contribution < 1.29 is 14.3 Å². The average molecular weight is 409 g/mol. The van der Waals surface area contributed by atoms with Gasteiger partial charge in [-0.25, -0.2) is 0 Å². The molecule has 160 valence electrons. The lowest BCUT2D eigenvalue weighted by atomic mass is 9.73. The zero-order chi connectivity index (χ0) is 20.8. The fourth-order valence-corrected chi connectivity index (χ4v) is 4.63. The summed E-state index contributed by atoms with van der Waals surface area (Å²) in [6.07, 6.45) is 1.53. The molecule has 0 atom stereocenters. The molecule has 2 aliphatic heterocycles. The maximum Gasteiger partial charge on any atom is 0.233 e. The van der Waals surface area contributed by atoms with Crippen LogP contribution in [0.15, 0.2) is 54.6 Å². The second-order valence-electron chi connectivity index (χ2n) is 8.21. The van der Waals surface area contributed by atoms with Crippen LogP contribution < -0.4 is 4.74 Å². The van der Waals surface area contributed by atoms with Gasteiger partial charge in [0.15, 0.2) is 0 Å². The van der Waals surface area contributed by atoms with Crippen LogP contribution in [-0.2, 0) is 21.5 Å². The molecule has 0 unspecified atom stereocenters. The van der Waals surface area contributed by atoms with E-state index in [0.29, 0.717) is 19.8 Å². The van der Waals surface area contributed by atoms with Crippen LogP contribution in [0.5, 0.6) is 5.75 Å². The maximum atomic E-state index is 13.7. The number of nitrogens with zero attached hydrogens (tertiary/aromatic N) is 2. The Hall–Kier alpha value is -2.37. The minimum absolute atomic E-state index is 0.276. The van der Waals surface area contributed by atoms with E-state index in [9.17, 15) is 4.79 Å².